The van der Waals surface area contributed by atoms with Crippen molar-refractivity contribution in [3.8, 4) is 0 Å². The highest BCUT2D eigenvalue weighted by Gasteiger charge is 2.18. The van der Waals surface area contributed by atoms with Crippen molar-refractivity contribution in [3.63, 3.8) is 0 Å². The van der Waals surface area contributed by atoms with Crippen molar-refractivity contribution in [1.29, 1.82) is 0 Å². The summed E-state index contributed by atoms with van der Waals surface area (Å²) >= 11 is 0. The summed E-state index contributed by atoms with van der Waals surface area (Å²) in [6.07, 6.45) is 11.8. The highest BCUT2D eigenvalue weighted by atomic mass is 14.2. The molecule has 1 fully saturated rings. The van der Waals surface area contributed by atoms with Crippen molar-refractivity contribution in [1.82, 2.24) is 0 Å². The van der Waals surface area contributed by atoms with E-state index in [0.717, 1.165) is 17.8 Å². The molecular formula is C14H28. The van der Waals surface area contributed by atoms with E-state index in [1.165, 1.54) is 51.4 Å². The van der Waals surface area contributed by atoms with Gasteiger partial charge in [0.05, 0.1) is 0 Å². The van der Waals surface area contributed by atoms with Gasteiger partial charge in [0.15, 0.2) is 0 Å². The Morgan fingerprint density at radius 3 is 2.64 bits per heavy atom. The van der Waals surface area contributed by atoms with Crippen molar-refractivity contribution >= 4 is 0 Å². The van der Waals surface area contributed by atoms with Crippen LogP contribution in [0, 0.1) is 17.8 Å². The number of rotatable bonds is 5. The summed E-state index contributed by atoms with van der Waals surface area (Å²) in [4.78, 5) is 0. The van der Waals surface area contributed by atoms with E-state index in [1.807, 2.05) is 0 Å². The van der Waals surface area contributed by atoms with Crippen LogP contribution >= 0.6 is 0 Å². The van der Waals surface area contributed by atoms with Gasteiger partial charge in [-0.2, -0.15) is 0 Å². The monoisotopic (exact) mass is 196 g/mol. The Morgan fingerprint density at radius 2 is 2.00 bits per heavy atom. The third-order valence-electron chi connectivity index (χ3n) is 3.89. The largest absolute Gasteiger partial charge is 0.0654 e. The van der Waals surface area contributed by atoms with Crippen LogP contribution in [0.25, 0.3) is 0 Å². The van der Waals surface area contributed by atoms with Crippen LogP contribution in [-0.2, 0) is 0 Å². The standard InChI is InChI=1S/C14H28/c1-4-6-12(2)9-10-14-8-5-7-13(3)11-14/h12-14H,4-11H2,1-3H3/t12?,13-,14?/m0/s1. The minimum absolute atomic E-state index is 0.970. The molecule has 0 heterocycles. The van der Waals surface area contributed by atoms with Crippen LogP contribution in [-0.4, -0.2) is 0 Å². The Labute approximate surface area is 90.5 Å². The summed E-state index contributed by atoms with van der Waals surface area (Å²) in [6.45, 7) is 7.16. The Bertz CT molecular complexity index is 139. The van der Waals surface area contributed by atoms with Gasteiger partial charge >= 0.3 is 0 Å². The molecule has 1 saturated carbocycles. The van der Waals surface area contributed by atoms with Crippen LogP contribution in [0.2, 0.25) is 0 Å². The third kappa shape index (κ3) is 4.48. The molecular weight excluding hydrogens is 168 g/mol. The van der Waals surface area contributed by atoms with Crippen molar-refractivity contribution < 1.29 is 0 Å². The first-order valence-corrected chi connectivity index (χ1v) is 6.72. The van der Waals surface area contributed by atoms with Gasteiger partial charge in [0.1, 0.15) is 0 Å². The predicted octanol–water partition coefficient (Wildman–Crippen LogP) is 5.03. The first-order valence-electron chi connectivity index (χ1n) is 6.72. The molecule has 0 amide bonds. The molecule has 84 valence electrons. The molecule has 0 radical (unpaired) electrons. The zero-order valence-corrected chi connectivity index (χ0v) is 10.4. The summed E-state index contributed by atoms with van der Waals surface area (Å²) in [5.74, 6) is 3.05. The fourth-order valence-electron chi connectivity index (χ4n) is 2.98. The SMILES string of the molecule is CCCC(C)CCC1CCC[C@H](C)C1. The molecule has 0 bridgehead atoms. The molecule has 0 aromatic heterocycles. The molecule has 1 aliphatic rings. The van der Waals surface area contributed by atoms with Gasteiger partial charge in [0, 0.05) is 0 Å². The normalized spacial score (nSPS) is 30.2. The van der Waals surface area contributed by atoms with Crippen LogP contribution < -0.4 is 0 Å². The number of hydrogen-bond donors (Lipinski definition) is 0. The summed E-state index contributed by atoms with van der Waals surface area (Å²) in [5.41, 5.74) is 0. The van der Waals surface area contributed by atoms with Gasteiger partial charge < -0.3 is 0 Å². The summed E-state index contributed by atoms with van der Waals surface area (Å²) in [5, 5.41) is 0. The fraction of sp³-hybridized carbons (Fsp3) is 1.00. The minimum atomic E-state index is 0.970. The van der Waals surface area contributed by atoms with Crippen molar-refractivity contribution in [2.75, 3.05) is 0 Å². The van der Waals surface area contributed by atoms with Crippen molar-refractivity contribution in [3.05, 3.63) is 0 Å². The molecule has 2 unspecified atom stereocenters. The highest BCUT2D eigenvalue weighted by Crippen LogP contribution is 2.32. The van der Waals surface area contributed by atoms with E-state index in [-0.39, 0.29) is 0 Å². The fourth-order valence-corrected chi connectivity index (χ4v) is 2.98. The smallest absolute Gasteiger partial charge is 0.0412 e. The average molecular weight is 196 g/mol. The van der Waals surface area contributed by atoms with Gasteiger partial charge in [0.2, 0.25) is 0 Å². The van der Waals surface area contributed by atoms with E-state index >= 15 is 0 Å². The molecule has 1 rings (SSSR count). The van der Waals surface area contributed by atoms with Gasteiger partial charge in [-0.25, -0.2) is 0 Å². The molecule has 0 aromatic carbocycles. The van der Waals surface area contributed by atoms with Crippen LogP contribution in [0.15, 0.2) is 0 Å². The second-order valence-corrected chi connectivity index (χ2v) is 5.61. The first-order chi connectivity index (χ1) is 6.72. The molecule has 3 atom stereocenters. The van der Waals surface area contributed by atoms with Gasteiger partial charge in [0.25, 0.3) is 0 Å². The van der Waals surface area contributed by atoms with Gasteiger partial charge in [-0.1, -0.05) is 65.7 Å². The number of hydrogen-bond acceptors (Lipinski definition) is 0. The molecule has 0 spiro atoms. The van der Waals surface area contributed by atoms with Crippen LogP contribution in [0.1, 0.15) is 72.1 Å². The lowest BCUT2D eigenvalue weighted by atomic mass is 9.79. The van der Waals surface area contributed by atoms with E-state index in [1.54, 1.807) is 0 Å². The molecule has 0 heteroatoms. The van der Waals surface area contributed by atoms with Crippen LogP contribution in [0.5, 0.6) is 0 Å². The van der Waals surface area contributed by atoms with E-state index in [2.05, 4.69) is 20.8 Å². The molecule has 0 nitrogen and oxygen atoms in total. The van der Waals surface area contributed by atoms with Gasteiger partial charge in [-0.15, -0.1) is 0 Å². The van der Waals surface area contributed by atoms with E-state index < -0.39 is 0 Å². The second-order valence-electron chi connectivity index (χ2n) is 5.61. The van der Waals surface area contributed by atoms with Crippen molar-refractivity contribution in [2.45, 2.75) is 72.1 Å². The Balaban J connectivity index is 2.10. The zero-order valence-electron chi connectivity index (χ0n) is 10.4. The summed E-state index contributed by atoms with van der Waals surface area (Å²) in [6, 6.07) is 0. The zero-order chi connectivity index (χ0) is 10.4. The molecule has 0 N–H and O–H groups in total. The topological polar surface area (TPSA) is 0 Å². The van der Waals surface area contributed by atoms with Gasteiger partial charge in [-0.3, -0.25) is 0 Å². The predicted molar refractivity (Wildman–Crippen MR) is 64.4 cm³/mol. The molecule has 14 heavy (non-hydrogen) atoms. The van der Waals surface area contributed by atoms with E-state index in [9.17, 15) is 0 Å². The Morgan fingerprint density at radius 1 is 1.21 bits per heavy atom. The third-order valence-corrected chi connectivity index (χ3v) is 3.89. The minimum Gasteiger partial charge on any atom is -0.0654 e. The Hall–Kier alpha value is 0. The maximum absolute atomic E-state index is 2.43. The lowest BCUT2D eigenvalue weighted by molar-refractivity contribution is 0.253. The average Bonchev–Trinajstić information content (AvgIpc) is 2.15. The van der Waals surface area contributed by atoms with Crippen LogP contribution in [0.4, 0.5) is 0 Å². The molecule has 0 saturated heterocycles. The molecule has 0 aromatic rings. The lowest BCUT2D eigenvalue weighted by Crippen LogP contribution is -2.14. The summed E-state index contributed by atoms with van der Waals surface area (Å²) in [7, 11) is 0. The molecule has 0 aliphatic heterocycles. The Kier molecular flexibility index (Phi) is 5.59. The van der Waals surface area contributed by atoms with E-state index in [4.69, 9.17) is 0 Å². The van der Waals surface area contributed by atoms with Crippen LogP contribution in [0.3, 0.4) is 0 Å². The van der Waals surface area contributed by atoms with E-state index in [0.29, 0.717) is 0 Å². The quantitative estimate of drug-likeness (QED) is 0.578. The molecule has 1 aliphatic carbocycles. The lowest BCUT2D eigenvalue weighted by Gasteiger charge is -2.27. The highest BCUT2D eigenvalue weighted by molar-refractivity contribution is 4.71. The first kappa shape index (κ1) is 12.1. The maximum Gasteiger partial charge on any atom is -0.0412 e. The van der Waals surface area contributed by atoms with Gasteiger partial charge in [-0.05, 0) is 24.2 Å². The summed E-state index contributed by atoms with van der Waals surface area (Å²) < 4.78 is 0. The maximum atomic E-state index is 2.43. The second kappa shape index (κ2) is 6.48. The van der Waals surface area contributed by atoms with Crippen molar-refractivity contribution in [2.24, 2.45) is 17.8 Å².